The molecular weight excluding hydrogens is 475 g/mol. The molecule has 2 saturated heterocycles. The first-order chi connectivity index (χ1) is 13.8. The van der Waals surface area contributed by atoms with Crippen molar-refractivity contribution in [2.45, 2.75) is 65.0 Å². The number of aliphatic imine (C=N–C) groups is 1. The van der Waals surface area contributed by atoms with E-state index in [0.29, 0.717) is 6.54 Å². The van der Waals surface area contributed by atoms with Crippen LogP contribution in [-0.2, 0) is 6.54 Å². The average molecular weight is 515 g/mol. The van der Waals surface area contributed by atoms with Gasteiger partial charge in [0.05, 0.1) is 6.54 Å². The number of hydrogen-bond donors (Lipinski definition) is 2. The van der Waals surface area contributed by atoms with E-state index in [1.54, 1.807) is 0 Å². The lowest BCUT2D eigenvalue weighted by Crippen LogP contribution is -2.45. The Kier molecular flexibility index (Phi) is 11.1. The summed E-state index contributed by atoms with van der Waals surface area (Å²) >= 11 is 0. The Hall–Kier alpha value is -1.09. The Morgan fingerprint density at radius 1 is 1.14 bits per heavy atom. The maximum atomic E-state index is 4.80. The smallest absolute Gasteiger partial charge is 0.191 e. The van der Waals surface area contributed by atoms with Gasteiger partial charge in [0, 0.05) is 45.0 Å². The van der Waals surface area contributed by atoms with Crippen molar-refractivity contribution in [2.75, 3.05) is 44.2 Å². The quantitative estimate of drug-likeness (QED) is 0.316. The molecule has 0 saturated carbocycles. The van der Waals surface area contributed by atoms with E-state index < -0.39 is 0 Å². The average Bonchev–Trinajstić information content (AvgIpc) is 3.27. The van der Waals surface area contributed by atoms with E-state index in [9.17, 15) is 0 Å². The van der Waals surface area contributed by atoms with Crippen LogP contribution in [0.15, 0.2) is 23.3 Å². The summed E-state index contributed by atoms with van der Waals surface area (Å²) in [6.45, 7) is 11.5. The Morgan fingerprint density at radius 3 is 2.69 bits per heavy atom. The molecule has 0 amide bonds. The second kappa shape index (κ2) is 13.3. The molecule has 1 atom stereocenters. The van der Waals surface area contributed by atoms with Gasteiger partial charge in [-0.3, -0.25) is 4.90 Å². The molecule has 2 fully saturated rings. The van der Waals surface area contributed by atoms with Crippen molar-refractivity contribution in [1.29, 1.82) is 0 Å². The number of pyridine rings is 1. The zero-order chi connectivity index (χ0) is 19.6. The molecule has 2 aliphatic heterocycles. The molecular formula is C22H39IN6. The third kappa shape index (κ3) is 7.59. The zero-order valence-electron chi connectivity index (χ0n) is 18.2. The van der Waals surface area contributed by atoms with Gasteiger partial charge in [0.2, 0.25) is 0 Å². The lowest BCUT2D eigenvalue weighted by atomic mass is 10.0. The molecule has 2 N–H and O–H groups in total. The molecule has 164 valence electrons. The molecule has 0 aromatic carbocycles. The molecule has 0 spiro atoms. The van der Waals surface area contributed by atoms with Gasteiger partial charge in [-0.15, -0.1) is 24.0 Å². The Labute approximate surface area is 194 Å². The second-order valence-corrected chi connectivity index (χ2v) is 7.93. The lowest BCUT2D eigenvalue weighted by molar-refractivity contribution is 0.147. The van der Waals surface area contributed by atoms with Gasteiger partial charge >= 0.3 is 0 Å². The maximum absolute atomic E-state index is 4.80. The van der Waals surface area contributed by atoms with Crippen molar-refractivity contribution in [1.82, 2.24) is 20.5 Å². The van der Waals surface area contributed by atoms with E-state index in [0.717, 1.165) is 50.5 Å². The van der Waals surface area contributed by atoms with E-state index in [1.165, 1.54) is 50.6 Å². The van der Waals surface area contributed by atoms with E-state index in [1.807, 2.05) is 6.20 Å². The normalized spacial score (nSPS) is 20.4. The highest BCUT2D eigenvalue weighted by Gasteiger charge is 2.20. The van der Waals surface area contributed by atoms with Crippen molar-refractivity contribution in [3.63, 3.8) is 0 Å². The number of likely N-dealkylation sites (tertiary alicyclic amines) is 1. The lowest BCUT2D eigenvalue weighted by Gasteiger charge is -2.35. The molecule has 2 aliphatic rings. The molecule has 29 heavy (non-hydrogen) atoms. The number of hydrogen-bond acceptors (Lipinski definition) is 4. The summed E-state index contributed by atoms with van der Waals surface area (Å²) in [4.78, 5) is 14.4. The summed E-state index contributed by atoms with van der Waals surface area (Å²) in [5.74, 6) is 2.01. The maximum Gasteiger partial charge on any atom is 0.191 e. The molecule has 6 nitrogen and oxygen atoms in total. The molecule has 0 aliphatic carbocycles. The summed E-state index contributed by atoms with van der Waals surface area (Å²) in [5.41, 5.74) is 1.22. The van der Waals surface area contributed by atoms with Gasteiger partial charge in [-0.2, -0.15) is 0 Å². The highest BCUT2D eigenvalue weighted by atomic mass is 127. The summed E-state index contributed by atoms with van der Waals surface area (Å²) in [7, 11) is 0. The van der Waals surface area contributed by atoms with Crippen LogP contribution in [0.1, 0.15) is 57.9 Å². The van der Waals surface area contributed by atoms with Gasteiger partial charge in [-0.1, -0.05) is 13.3 Å². The van der Waals surface area contributed by atoms with Gasteiger partial charge in [0.1, 0.15) is 5.82 Å². The highest BCUT2D eigenvalue weighted by Crippen LogP contribution is 2.19. The molecule has 7 heteroatoms. The van der Waals surface area contributed by atoms with Gasteiger partial charge in [0.15, 0.2) is 5.96 Å². The molecule has 0 radical (unpaired) electrons. The monoisotopic (exact) mass is 514 g/mol. The number of halogens is 1. The molecule has 1 aromatic heterocycles. The van der Waals surface area contributed by atoms with Crippen LogP contribution in [-0.4, -0.2) is 61.2 Å². The topological polar surface area (TPSA) is 55.8 Å². The summed E-state index contributed by atoms with van der Waals surface area (Å²) in [6, 6.07) is 5.03. The summed E-state index contributed by atoms with van der Waals surface area (Å²) in [6.07, 6.45) is 9.80. The van der Waals surface area contributed by atoms with Crippen molar-refractivity contribution < 1.29 is 0 Å². The minimum Gasteiger partial charge on any atom is -0.357 e. The minimum absolute atomic E-state index is 0. The van der Waals surface area contributed by atoms with E-state index in [4.69, 9.17) is 4.99 Å². The van der Waals surface area contributed by atoms with Gasteiger partial charge < -0.3 is 15.5 Å². The fraction of sp³-hybridized carbons (Fsp3) is 0.727. The summed E-state index contributed by atoms with van der Waals surface area (Å²) < 4.78 is 0. The molecule has 0 bridgehead atoms. The molecule has 3 heterocycles. The largest absolute Gasteiger partial charge is 0.357 e. The van der Waals surface area contributed by atoms with E-state index in [-0.39, 0.29) is 24.0 Å². The van der Waals surface area contributed by atoms with Crippen LogP contribution in [0.4, 0.5) is 5.82 Å². The standard InChI is InChI=1S/C22H38N6.HI/c1-3-20-9-5-6-13-27(20)16-12-25-22(23-4-2)26-18-19-10-11-24-21(17-19)28-14-7-8-15-28;/h10-11,17,20H,3-9,12-16,18H2,1-2H3,(H2,23,25,26);1H. The van der Waals surface area contributed by atoms with Gasteiger partial charge in [-0.25, -0.2) is 9.98 Å². The Morgan fingerprint density at radius 2 is 1.93 bits per heavy atom. The predicted molar refractivity (Wildman–Crippen MR) is 133 cm³/mol. The third-order valence-electron chi connectivity index (χ3n) is 5.92. The van der Waals surface area contributed by atoms with Crippen LogP contribution < -0.4 is 15.5 Å². The first-order valence-electron chi connectivity index (χ1n) is 11.3. The summed E-state index contributed by atoms with van der Waals surface area (Å²) in [5, 5.41) is 6.90. The first-order valence-corrected chi connectivity index (χ1v) is 11.3. The number of nitrogens with zero attached hydrogens (tertiary/aromatic N) is 4. The number of rotatable bonds is 8. The fourth-order valence-electron chi connectivity index (χ4n) is 4.32. The van der Waals surface area contributed by atoms with E-state index in [2.05, 4.69) is 51.4 Å². The Balaban J connectivity index is 0.00000300. The number of nitrogens with one attached hydrogen (secondary N) is 2. The van der Waals surface area contributed by atoms with Crippen LogP contribution in [0.2, 0.25) is 0 Å². The van der Waals surface area contributed by atoms with Crippen LogP contribution in [0, 0.1) is 0 Å². The molecule has 1 unspecified atom stereocenters. The SMILES string of the molecule is CCNC(=NCc1ccnc(N2CCCC2)c1)NCCN1CCCCC1CC.I. The first kappa shape index (κ1) is 24.2. The van der Waals surface area contributed by atoms with Gasteiger partial charge in [0.25, 0.3) is 0 Å². The number of piperidine rings is 1. The fourth-order valence-corrected chi connectivity index (χ4v) is 4.32. The number of anilines is 1. The Bertz CT molecular complexity index is 617. The number of guanidine groups is 1. The van der Waals surface area contributed by atoms with Crippen molar-refractivity contribution >= 4 is 35.8 Å². The number of aromatic nitrogens is 1. The van der Waals surface area contributed by atoms with Crippen LogP contribution in [0.3, 0.4) is 0 Å². The second-order valence-electron chi connectivity index (χ2n) is 7.93. The van der Waals surface area contributed by atoms with Crippen molar-refractivity contribution in [3.05, 3.63) is 23.9 Å². The van der Waals surface area contributed by atoms with Crippen LogP contribution in [0.5, 0.6) is 0 Å². The van der Waals surface area contributed by atoms with Crippen molar-refractivity contribution in [2.24, 2.45) is 4.99 Å². The van der Waals surface area contributed by atoms with Crippen LogP contribution in [0.25, 0.3) is 0 Å². The zero-order valence-corrected chi connectivity index (χ0v) is 20.5. The van der Waals surface area contributed by atoms with E-state index >= 15 is 0 Å². The van der Waals surface area contributed by atoms with Gasteiger partial charge in [-0.05, 0) is 63.3 Å². The van der Waals surface area contributed by atoms with Crippen molar-refractivity contribution in [3.8, 4) is 0 Å². The minimum atomic E-state index is 0. The predicted octanol–water partition coefficient (Wildman–Crippen LogP) is 3.62. The molecule has 3 rings (SSSR count). The molecule has 1 aromatic rings. The highest BCUT2D eigenvalue weighted by molar-refractivity contribution is 14.0. The third-order valence-corrected chi connectivity index (χ3v) is 5.92. The van der Waals surface area contributed by atoms with Crippen LogP contribution >= 0.6 is 24.0 Å².